The minimum Gasteiger partial charge on any atom is -0.342 e. The van der Waals surface area contributed by atoms with Crippen molar-refractivity contribution in [3.63, 3.8) is 0 Å². The number of aryl methyl sites for hydroxylation is 1. The van der Waals surface area contributed by atoms with E-state index >= 15 is 0 Å². The van der Waals surface area contributed by atoms with E-state index in [1.807, 2.05) is 12.1 Å². The van der Waals surface area contributed by atoms with Crippen LogP contribution in [0, 0.1) is 12.8 Å². The average Bonchev–Trinajstić information content (AvgIpc) is 2.57. The van der Waals surface area contributed by atoms with Gasteiger partial charge in [-0.25, -0.2) is 4.98 Å². The van der Waals surface area contributed by atoms with Gasteiger partial charge in [0.2, 0.25) is 5.95 Å². The minimum absolute atomic E-state index is 0.710. The van der Waals surface area contributed by atoms with Crippen LogP contribution in [0.3, 0.4) is 0 Å². The molecular formula is C18H25N5. The van der Waals surface area contributed by atoms with E-state index in [9.17, 15) is 0 Å². The molecule has 122 valence electrons. The molecule has 0 amide bonds. The third-order valence-corrected chi connectivity index (χ3v) is 4.68. The lowest BCUT2D eigenvalue weighted by Crippen LogP contribution is -2.36. The fraction of sp³-hybridized carbons (Fsp3) is 0.500. The largest absolute Gasteiger partial charge is 0.342 e. The van der Waals surface area contributed by atoms with Crippen molar-refractivity contribution in [3.8, 4) is 11.3 Å². The van der Waals surface area contributed by atoms with E-state index < -0.39 is 0 Å². The van der Waals surface area contributed by atoms with Gasteiger partial charge >= 0.3 is 0 Å². The smallest absolute Gasteiger partial charge is 0.245 e. The standard InChI is InChI=1S/C18H25N5/c1-14-6-4-5-7-16(14)17-12-19-21-18(20-17)23(3)13-15-8-10-22(2)11-9-15/h4-7,12,15H,8-11,13H2,1-3H3. The van der Waals surface area contributed by atoms with Crippen molar-refractivity contribution in [2.75, 3.05) is 38.6 Å². The number of aromatic nitrogens is 3. The minimum atomic E-state index is 0.710. The Labute approximate surface area is 138 Å². The van der Waals surface area contributed by atoms with Crippen molar-refractivity contribution < 1.29 is 0 Å². The van der Waals surface area contributed by atoms with Crippen LogP contribution in [0.1, 0.15) is 18.4 Å². The van der Waals surface area contributed by atoms with Crippen LogP contribution in [0.5, 0.6) is 0 Å². The highest BCUT2D eigenvalue weighted by atomic mass is 15.3. The summed E-state index contributed by atoms with van der Waals surface area (Å²) in [5.41, 5.74) is 3.22. The number of nitrogens with zero attached hydrogens (tertiary/aromatic N) is 5. The molecule has 1 aliphatic rings. The predicted octanol–water partition coefficient (Wildman–Crippen LogP) is 2.63. The Morgan fingerprint density at radius 3 is 2.70 bits per heavy atom. The van der Waals surface area contributed by atoms with Crippen LogP contribution < -0.4 is 4.90 Å². The van der Waals surface area contributed by atoms with Crippen LogP contribution in [0.2, 0.25) is 0 Å². The van der Waals surface area contributed by atoms with E-state index in [1.165, 1.54) is 31.5 Å². The summed E-state index contributed by atoms with van der Waals surface area (Å²) in [5.74, 6) is 1.42. The Balaban J connectivity index is 1.73. The number of benzene rings is 1. The predicted molar refractivity (Wildman–Crippen MR) is 93.5 cm³/mol. The van der Waals surface area contributed by atoms with E-state index in [4.69, 9.17) is 4.98 Å². The van der Waals surface area contributed by atoms with Crippen molar-refractivity contribution in [3.05, 3.63) is 36.0 Å². The molecule has 1 aromatic heterocycles. The molecule has 5 nitrogen and oxygen atoms in total. The summed E-state index contributed by atoms with van der Waals surface area (Å²) >= 11 is 0. The molecule has 0 saturated carbocycles. The Bertz CT molecular complexity index is 649. The number of hydrogen-bond donors (Lipinski definition) is 0. The second-order valence-corrected chi connectivity index (χ2v) is 6.58. The molecule has 23 heavy (non-hydrogen) atoms. The van der Waals surface area contributed by atoms with Gasteiger partial charge in [0.05, 0.1) is 11.9 Å². The third-order valence-electron chi connectivity index (χ3n) is 4.68. The summed E-state index contributed by atoms with van der Waals surface area (Å²) < 4.78 is 0. The highest BCUT2D eigenvalue weighted by Crippen LogP contribution is 2.22. The molecule has 0 unspecified atom stereocenters. The zero-order chi connectivity index (χ0) is 16.2. The fourth-order valence-corrected chi connectivity index (χ4v) is 3.16. The van der Waals surface area contributed by atoms with Gasteiger partial charge in [0.1, 0.15) is 0 Å². The van der Waals surface area contributed by atoms with Crippen LogP contribution in [0.15, 0.2) is 30.5 Å². The Morgan fingerprint density at radius 2 is 1.96 bits per heavy atom. The van der Waals surface area contributed by atoms with E-state index in [0.29, 0.717) is 11.9 Å². The van der Waals surface area contributed by atoms with Crippen molar-refractivity contribution in [2.45, 2.75) is 19.8 Å². The SMILES string of the molecule is Cc1ccccc1-c1cnnc(N(C)CC2CCN(C)CC2)n1. The van der Waals surface area contributed by atoms with Crippen molar-refractivity contribution in [2.24, 2.45) is 5.92 Å². The fourth-order valence-electron chi connectivity index (χ4n) is 3.16. The first-order valence-electron chi connectivity index (χ1n) is 8.29. The first kappa shape index (κ1) is 15.9. The lowest BCUT2D eigenvalue weighted by atomic mass is 9.97. The van der Waals surface area contributed by atoms with Crippen molar-refractivity contribution in [1.29, 1.82) is 0 Å². The number of likely N-dealkylation sites (tertiary alicyclic amines) is 1. The summed E-state index contributed by atoms with van der Waals surface area (Å²) in [5, 5.41) is 8.40. The van der Waals surface area contributed by atoms with Gasteiger partial charge in [0.15, 0.2) is 0 Å². The van der Waals surface area contributed by atoms with Gasteiger partial charge < -0.3 is 9.80 Å². The molecule has 1 aliphatic heterocycles. The number of hydrogen-bond acceptors (Lipinski definition) is 5. The van der Waals surface area contributed by atoms with Gasteiger partial charge in [-0.3, -0.25) is 0 Å². The molecule has 3 rings (SSSR count). The van der Waals surface area contributed by atoms with E-state index in [1.54, 1.807) is 6.20 Å². The molecule has 0 bridgehead atoms. The van der Waals surface area contributed by atoms with E-state index in [-0.39, 0.29) is 0 Å². The summed E-state index contributed by atoms with van der Waals surface area (Å²) in [4.78, 5) is 9.27. The van der Waals surface area contributed by atoms with Gasteiger partial charge in [0.25, 0.3) is 0 Å². The van der Waals surface area contributed by atoms with Crippen molar-refractivity contribution >= 4 is 5.95 Å². The average molecular weight is 311 g/mol. The molecule has 0 atom stereocenters. The van der Waals surface area contributed by atoms with Crippen molar-refractivity contribution in [1.82, 2.24) is 20.1 Å². The van der Waals surface area contributed by atoms with Crippen LogP contribution in [0.4, 0.5) is 5.95 Å². The topological polar surface area (TPSA) is 45.2 Å². The summed E-state index contributed by atoms with van der Waals surface area (Å²) in [6.45, 7) is 5.45. The van der Waals surface area contributed by atoms with Crippen LogP contribution >= 0.6 is 0 Å². The quantitative estimate of drug-likeness (QED) is 0.868. The molecule has 0 aliphatic carbocycles. The summed E-state index contributed by atoms with van der Waals surface area (Å²) in [6, 6.07) is 8.26. The monoisotopic (exact) mass is 311 g/mol. The maximum absolute atomic E-state index is 4.73. The highest BCUT2D eigenvalue weighted by molar-refractivity contribution is 5.63. The maximum Gasteiger partial charge on any atom is 0.245 e. The normalized spacial score (nSPS) is 16.5. The highest BCUT2D eigenvalue weighted by Gasteiger charge is 2.19. The molecule has 1 fully saturated rings. The molecule has 1 aromatic carbocycles. The zero-order valence-corrected chi connectivity index (χ0v) is 14.2. The second-order valence-electron chi connectivity index (χ2n) is 6.58. The molecule has 0 radical (unpaired) electrons. The Morgan fingerprint density at radius 1 is 1.22 bits per heavy atom. The number of piperidine rings is 1. The molecule has 2 aromatic rings. The molecule has 0 N–H and O–H groups in total. The van der Waals surface area contributed by atoms with Gasteiger partial charge in [0, 0.05) is 19.2 Å². The van der Waals surface area contributed by atoms with Crippen LogP contribution in [-0.4, -0.2) is 53.8 Å². The lowest BCUT2D eigenvalue weighted by molar-refractivity contribution is 0.222. The maximum atomic E-state index is 4.73. The molecule has 0 spiro atoms. The second kappa shape index (κ2) is 7.04. The van der Waals surface area contributed by atoms with Gasteiger partial charge in [-0.2, -0.15) is 5.10 Å². The first-order valence-corrected chi connectivity index (χ1v) is 8.29. The molecule has 5 heteroatoms. The number of rotatable bonds is 4. The van der Waals surface area contributed by atoms with Gasteiger partial charge in [-0.1, -0.05) is 24.3 Å². The molecule has 1 saturated heterocycles. The van der Waals surface area contributed by atoms with Crippen LogP contribution in [0.25, 0.3) is 11.3 Å². The van der Waals surface area contributed by atoms with Crippen LogP contribution in [-0.2, 0) is 0 Å². The zero-order valence-electron chi connectivity index (χ0n) is 14.2. The Hall–Kier alpha value is -2.01. The van der Waals surface area contributed by atoms with E-state index in [0.717, 1.165) is 17.8 Å². The first-order chi connectivity index (χ1) is 11.1. The summed E-state index contributed by atoms with van der Waals surface area (Å²) in [6.07, 6.45) is 4.23. The van der Waals surface area contributed by atoms with Gasteiger partial charge in [-0.05, 0) is 51.4 Å². The van der Waals surface area contributed by atoms with E-state index in [2.05, 4.69) is 53.1 Å². The van der Waals surface area contributed by atoms with Gasteiger partial charge in [-0.15, -0.1) is 5.10 Å². The lowest BCUT2D eigenvalue weighted by Gasteiger charge is -2.31. The molecule has 2 heterocycles. The molecular weight excluding hydrogens is 286 g/mol. The Kier molecular flexibility index (Phi) is 4.86. The third kappa shape index (κ3) is 3.85. The number of anilines is 1. The summed E-state index contributed by atoms with van der Waals surface area (Å²) in [7, 11) is 4.26.